The fraction of sp³-hybridized carbons (Fsp3) is 0.300. The number of alkyl halides is 1. The molecule has 0 aliphatic rings. The van der Waals surface area contributed by atoms with Crippen molar-refractivity contribution in [3.05, 3.63) is 34.1 Å². The topological polar surface area (TPSA) is 29.1 Å². The Bertz CT molecular complexity index is 357. The molecule has 1 N–H and O–H groups in total. The second kappa shape index (κ2) is 6.23. The van der Waals surface area contributed by atoms with Crippen LogP contribution in [-0.2, 0) is 0 Å². The zero-order valence-electron chi connectivity index (χ0n) is 7.90. The number of amides is 1. The van der Waals surface area contributed by atoms with E-state index < -0.39 is 5.82 Å². The number of nitrogens with one attached hydrogen (secondary N) is 1. The van der Waals surface area contributed by atoms with Gasteiger partial charge in [-0.1, -0.05) is 22.0 Å². The predicted molar refractivity (Wildman–Crippen MR) is 64.8 cm³/mol. The van der Waals surface area contributed by atoms with E-state index in [-0.39, 0.29) is 10.4 Å². The number of rotatable bonds is 4. The lowest BCUT2D eigenvalue weighted by Crippen LogP contribution is -2.25. The van der Waals surface area contributed by atoms with Gasteiger partial charge in [-0.05, 0) is 34.5 Å². The van der Waals surface area contributed by atoms with Gasteiger partial charge in [0, 0.05) is 11.9 Å². The molecule has 0 unspecified atom stereocenters. The fourth-order valence-electron chi connectivity index (χ4n) is 1.04. The first-order valence-corrected chi connectivity index (χ1v) is 6.36. The summed E-state index contributed by atoms with van der Waals surface area (Å²) in [6.07, 6.45) is 0.846. The molecule has 5 heteroatoms. The Morgan fingerprint density at radius 3 is 2.87 bits per heavy atom. The van der Waals surface area contributed by atoms with E-state index >= 15 is 0 Å². The Balaban J connectivity index is 2.69. The monoisotopic (exact) mass is 337 g/mol. The van der Waals surface area contributed by atoms with E-state index in [1.54, 1.807) is 6.07 Å². The van der Waals surface area contributed by atoms with Crippen LogP contribution in [0.4, 0.5) is 4.39 Å². The number of benzene rings is 1. The van der Waals surface area contributed by atoms with Crippen molar-refractivity contribution >= 4 is 37.8 Å². The van der Waals surface area contributed by atoms with Crippen molar-refractivity contribution in [2.75, 3.05) is 11.9 Å². The van der Waals surface area contributed by atoms with Crippen molar-refractivity contribution in [2.24, 2.45) is 0 Å². The molecule has 0 aliphatic carbocycles. The van der Waals surface area contributed by atoms with E-state index in [1.807, 2.05) is 0 Å². The van der Waals surface area contributed by atoms with Gasteiger partial charge in [-0.3, -0.25) is 4.79 Å². The highest BCUT2D eigenvalue weighted by atomic mass is 79.9. The van der Waals surface area contributed by atoms with Crippen molar-refractivity contribution in [3.63, 3.8) is 0 Å². The average Bonchev–Trinajstić information content (AvgIpc) is 2.22. The van der Waals surface area contributed by atoms with E-state index in [4.69, 9.17) is 0 Å². The van der Waals surface area contributed by atoms with Gasteiger partial charge in [0.1, 0.15) is 5.82 Å². The summed E-state index contributed by atoms with van der Waals surface area (Å²) in [4.78, 5) is 11.6. The first-order valence-electron chi connectivity index (χ1n) is 4.45. The molecule has 1 rings (SSSR count). The summed E-state index contributed by atoms with van der Waals surface area (Å²) < 4.78 is 13.3. The molecule has 1 amide bonds. The van der Waals surface area contributed by atoms with Crippen LogP contribution >= 0.6 is 31.9 Å². The van der Waals surface area contributed by atoms with Crippen molar-refractivity contribution in [1.29, 1.82) is 0 Å². The number of carbonyl (C=O) groups is 1. The Kier molecular flexibility index (Phi) is 5.25. The number of halogens is 3. The van der Waals surface area contributed by atoms with Crippen molar-refractivity contribution in [3.8, 4) is 0 Å². The summed E-state index contributed by atoms with van der Waals surface area (Å²) >= 11 is 6.31. The Morgan fingerprint density at radius 1 is 1.47 bits per heavy atom. The van der Waals surface area contributed by atoms with Gasteiger partial charge in [0.2, 0.25) is 0 Å². The summed E-state index contributed by atoms with van der Waals surface area (Å²) in [5.74, 6) is -0.689. The van der Waals surface area contributed by atoms with Crippen LogP contribution in [0.5, 0.6) is 0 Å². The Hall–Kier alpha value is -0.420. The summed E-state index contributed by atoms with van der Waals surface area (Å²) in [5, 5.41) is 3.53. The summed E-state index contributed by atoms with van der Waals surface area (Å²) in [6, 6.07) is 4.40. The van der Waals surface area contributed by atoms with E-state index in [0.717, 1.165) is 11.8 Å². The standard InChI is InChI=1S/C10H10Br2FNO/c11-5-2-6-14-10(15)7-3-1-4-8(13)9(7)12/h1,3-4H,2,5-6H2,(H,14,15). The fourth-order valence-corrected chi connectivity index (χ4v) is 1.77. The number of hydrogen-bond acceptors (Lipinski definition) is 1. The Morgan fingerprint density at radius 2 is 2.20 bits per heavy atom. The van der Waals surface area contributed by atoms with E-state index in [1.165, 1.54) is 12.1 Å². The van der Waals surface area contributed by atoms with Gasteiger partial charge in [-0.2, -0.15) is 0 Å². The number of hydrogen-bond donors (Lipinski definition) is 1. The second-order valence-electron chi connectivity index (χ2n) is 2.90. The van der Waals surface area contributed by atoms with Gasteiger partial charge < -0.3 is 5.32 Å². The van der Waals surface area contributed by atoms with Crippen LogP contribution in [0.3, 0.4) is 0 Å². The zero-order valence-corrected chi connectivity index (χ0v) is 11.1. The SMILES string of the molecule is O=C(NCCCBr)c1cccc(F)c1Br. The molecule has 0 fully saturated rings. The highest BCUT2D eigenvalue weighted by molar-refractivity contribution is 9.10. The lowest BCUT2D eigenvalue weighted by atomic mass is 10.2. The smallest absolute Gasteiger partial charge is 0.252 e. The van der Waals surface area contributed by atoms with E-state index in [0.29, 0.717) is 12.1 Å². The van der Waals surface area contributed by atoms with Crippen molar-refractivity contribution < 1.29 is 9.18 Å². The van der Waals surface area contributed by atoms with Gasteiger partial charge in [-0.25, -0.2) is 4.39 Å². The maximum Gasteiger partial charge on any atom is 0.252 e. The van der Waals surface area contributed by atoms with Gasteiger partial charge in [0.25, 0.3) is 5.91 Å². The lowest BCUT2D eigenvalue weighted by Gasteiger charge is -2.06. The van der Waals surface area contributed by atoms with Crippen LogP contribution in [0, 0.1) is 5.82 Å². The maximum atomic E-state index is 13.1. The van der Waals surface area contributed by atoms with Crippen LogP contribution < -0.4 is 5.32 Å². The molecule has 0 spiro atoms. The molecule has 0 saturated carbocycles. The molecular formula is C10H10Br2FNO. The average molecular weight is 339 g/mol. The molecule has 1 aromatic rings. The lowest BCUT2D eigenvalue weighted by molar-refractivity contribution is 0.0952. The molecule has 15 heavy (non-hydrogen) atoms. The molecule has 0 saturated heterocycles. The van der Waals surface area contributed by atoms with Gasteiger partial charge >= 0.3 is 0 Å². The molecule has 0 bridgehead atoms. The molecule has 0 heterocycles. The summed E-state index contributed by atoms with van der Waals surface area (Å²) in [5.41, 5.74) is 0.324. The van der Waals surface area contributed by atoms with E-state index in [2.05, 4.69) is 37.2 Å². The molecule has 82 valence electrons. The van der Waals surface area contributed by atoms with Gasteiger partial charge in [-0.15, -0.1) is 0 Å². The summed E-state index contributed by atoms with van der Waals surface area (Å²) in [7, 11) is 0. The molecule has 0 atom stereocenters. The van der Waals surface area contributed by atoms with Crippen LogP contribution in [0.25, 0.3) is 0 Å². The second-order valence-corrected chi connectivity index (χ2v) is 4.49. The first-order chi connectivity index (χ1) is 7.16. The van der Waals surface area contributed by atoms with Crippen LogP contribution in [0.1, 0.15) is 16.8 Å². The van der Waals surface area contributed by atoms with Gasteiger partial charge in [0.15, 0.2) is 0 Å². The highest BCUT2D eigenvalue weighted by Gasteiger charge is 2.11. The molecule has 1 aromatic carbocycles. The minimum Gasteiger partial charge on any atom is -0.352 e. The first kappa shape index (κ1) is 12.6. The van der Waals surface area contributed by atoms with Crippen LogP contribution in [-0.4, -0.2) is 17.8 Å². The molecule has 0 radical (unpaired) electrons. The third-order valence-corrected chi connectivity index (χ3v) is 3.16. The zero-order chi connectivity index (χ0) is 11.3. The molecular weight excluding hydrogens is 329 g/mol. The summed E-state index contributed by atoms with van der Waals surface area (Å²) in [6.45, 7) is 0.576. The van der Waals surface area contributed by atoms with Crippen LogP contribution in [0.2, 0.25) is 0 Å². The maximum absolute atomic E-state index is 13.1. The molecule has 0 aromatic heterocycles. The third-order valence-electron chi connectivity index (χ3n) is 1.79. The normalized spacial score (nSPS) is 10.1. The highest BCUT2D eigenvalue weighted by Crippen LogP contribution is 2.20. The predicted octanol–water partition coefficient (Wildman–Crippen LogP) is 3.10. The van der Waals surface area contributed by atoms with Gasteiger partial charge in [0.05, 0.1) is 10.0 Å². The van der Waals surface area contributed by atoms with Crippen molar-refractivity contribution in [1.82, 2.24) is 5.32 Å². The number of carbonyl (C=O) groups excluding carboxylic acids is 1. The molecule has 0 aliphatic heterocycles. The largest absolute Gasteiger partial charge is 0.352 e. The van der Waals surface area contributed by atoms with Crippen molar-refractivity contribution in [2.45, 2.75) is 6.42 Å². The third kappa shape index (κ3) is 3.57. The van der Waals surface area contributed by atoms with E-state index in [9.17, 15) is 9.18 Å². The van der Waals surface area contributed by atoms with Crippen LogP contribution in [0.15, 0.2) is 22.7 Å². The quantitative estimate of drug-likeness (QED) is 0.663. The molecule has 2 nitrogen and oxygen atoms in total. The Labute approximate surface area is 105 Å². The minimum absolute atomic E-state index is 0.210. The minimum atomic E-state index is -0.428.